The van der Waals surface area contributed by atoms with Gasteiger partial charge in [0.2, 0.25) is 5.95 Å². The molecular formula is C19H26N4. The molecule has 122 valence electrons. The van der Waals surface area contributed by atoms with E-state index < -0.39 is 0 Å². The summed E-state index contributed by atoms with van der Waals surface area (Å²) < 4.78 is 0. The van der Waals surface area contributed by atoms with E-state index in [4.69, 9.17) is 9.97 Å². The van der Waals surface area contributed by atoms with Crippen molar-refractivity contribution in [1.29, 1.82) is 0 Å². The van der Waals surface area contributed by atoms with Gasteiger partial charge >= 0.3 is 0 Å². The molecule has 1 fully saturated rings. The first-order valence-corrected chi connectivity index (χ1v) is 8.46. The van der Waals surface area contributed by atoms with Crippen LogP contribution in [0, 0.1) is 12.8 Å². The fourth-order valence-corrected chi connectivity index (χ4v) is 2.90. The molecule has 1 aliphatic carbocycles. The number of aromatic nitrogens is 2. The van der Waals surface area contributed by atoms with Gasteiger partial charge in [0, 0.05) is 30.9 Å². The third-order valence-corrected chi connectivity index (χ3v) is 4.02. The molecule has 0 amide bonds. The Hall–Kier alpha value is -1.94. The molecule has 0 atom stereocenters. The lowest BCUT2D eigenvalue weighted by molar-refractivity contribution is 0.295. The molecule has 1 aromatic carbocycles. The number of hydrogen-bond donors (Lipinski definition) is 0. The average Bonchev–Trinajstić information content (AvgIpc) is 3.32. The van der Waals surface area contributed by atoms with Crippen molar-refractivity contribution in [3.63, 3.8) is 0 Å². The van der Waals surface area contributed by atoms with Gasteiger partial charge in [-0.1, -0.05) is 32.0 Å². The normalized spacial score (nSPS) is 14.5. The van der Waals surface area contributed by atoms with Gasteiger partial charge < -0.3 is 0 Å². The van der Waals surface area contributed by atoms with Crippen molar-refractivity contribution in [2.75, 3.05) is 18.6 Å². The molecule has 4 nitrogen and oxygen atoms in total. The Morgan fingerprint density at radius 3 is 2.43 bits per heavy atom. The topological polar surface area (TPSA) is 32.3 Å². The van der Waals surface area contributed by atoms with Gasteiger partial charge in [-0.2, -0.15) is 0 Å². The quantitative estimate of drug-likeness (QED) is 0.745. The number of anilines is 2. The first-order valence-electron chi connectivity index (χ1n) is 8.46. The van der Waals surface area contributed by atoms with Crippen molar-refractivity contribution < 1.29 is 0 Å². The monoisotopic (exact) mass is 310 g/mol. The molecule has 0 spiro atoms. The zero-order chi connectivity index (χ0) is 16.4. The first-order chi connectivity index (χ1) is 11.0. The van der Waals surface area contributed by atoms with Gasteiger partial charge in [-0.15, -0.1) is 0 Å². The third-order valence-electron chi connectivity index (χ3n) is 4.02. The van der Waals surface area contributed by atoms with Crippen LogP contribution in [-0.4, -0.2) is 28.6 Å². The van der Waals surface area contributed by atoms with Crippen LogP contribution in [0.15, 0.2) is 36.4 Å². The van der Waals surface area contributed by atoms with Crippen LogP contribution in [0.3, 0.4) is 0 Å². The molecular weight excluding hydrogens is 284 g/mol. The van der Waals surface area contributed by atoms with Gasteiger partial charge in [-0.3, -0.25) is 0 Å². The van der Waals surface area contributed by atoms with E-state index >= 15 is 0 Å². The average molecular weight is 310 g/mol. The van der Waals surface area contributed by atoms with E-state index in [-0.39, 0.29) is 0 Å². The molecule has 0 unspecified atom stereocenters. The lowest BCUT2D eigenvalue weighted by atomic mass is 10.2. The maximum Gasteiger partial charge on any atom is 0.245 e. The Bertz CT molecular complexity index is 650. The van der Waals surface area contributed by atoms with Crippen LogP contribution in [0.4, 0.5) is 11.6 Å². The van der Waals surface area contributed by atoms with Crippen molar-refractivity contribution in [3.05, 3.63) is 47.8 Å². The molecule has 0 bridgehead atoms. The SMILES string of the molecule is Cc1cc(C2CC2)nc(N(c2ccccc2)N(C)CC(C)C)n1. The molecule has 23 heavy (non-hydrogen) atoms. The smallest absolute Gasteiger partial charge is 0.241 e. The van der Waals surface area contributed by atoms with Crippen molar-refractivity contribution in [3.8, 4) is 0 Å². The van der Waals surface area contributed by atoms with E-state index in [0.717, 1.165) is 23.9 Å². The lowest BCUT2D eigenvalue weighted by Gasteiger charge is -2.33. The molecule has 1 saturated carbocycles. The molecule has 1 aliphatic rings. The van der Waals surface area contributed by atoms with E-state index in [1.807, 2.05) is 6.07 Å². The van der Waals surface area contributed by atoms with Gasteiger partial charge in [0.05, 0.1) is 5.69 Å². The van der Waals surface area contributed by atoms with E-state index in [9.17, 15) is 0 Å². The van der Waals surface area contributed by atoms with Crippen LogP contribution in [0.2, 0.25) is 0 Å². The van der Waals surface area contributed by atoms with Crippen molar-refractivity contribution in [2.24, 2.45) is 5.92 Å². The number of aryl methyl sites for hydroxylation is 1. The Morgan fingerprint density at radius 1 is 1.13 bits per heavy atom. The molecule has 1 aromatic heterocycles. The molecule has 0 N–H and O–H groups in total. The van der Waals surface area contributed by atoms with Crippen LogP contribution in [0.25, 0.3) is 0 Å². The highest BCUT2D eigenvalue weighted by Gasteiger charge is 2.27. The highest BCUT2D eigenvalue weighted by molar-refractivity contribution is 5.56. The van der Waals surface area contributed by atoms with Gasteiger partial charge in [-0.25, -0.2) is 20.0 Å². The van der Waals surface area contributed by atoms with E-state index in [1.54, 1.807) is 0 Å². The summed E-state index contributed by atoms with van der Waals surface area (Å²) in [6, 6.07) is 12.5. The number of nitrogens with zero attached hydrogens (tertiary/aromatic N) is 4. The number of rotatable bonds is 6. The van der Waals surface area contributed by atoms with E-state index in [1.165, 1.54) is 18.5 Å². The zero-order valence-electron chi connectivity index (χ0n) is 14.5. The Morgan fingerprint density at radius 2 is 1.83 bits per heavy atom. The van der Waals surface area contributed by atoms with Crippen molar-refractivity contribution >= 4 is 11.6 Å². The fourth-order valence-electron chi connectivity index (χ4n) is 2.90. The number of benzene rings is 1. The second kappa shape index (κ2) is 6.67. The lowest BCUT2D eigenvalue weighted by Crippen LogP contribution is -2.39. The summed E-state index contributed by atoms with van der Waals surface area (Å²) in [5.41, 5.74) is 3.32. The number of para-hydroxylation sites is 1. The highest BCUT2D eigenvalue weighted by Crippen LogP contribution is 2.40. The maximum absolute atomic E-state index is 4.87. The van der Waals surface area contributed by atoms with Crippen LogP contribution < -0.4 is 5.01 Å². The molecule has 0 radical (unpaired) electrons. The summed E-state index contributed by atoms with van der Waals surface area (Å²) in [5.74, 6) is 1.98. The van der Waals surface area contributed by atoms with E-state index in [2.05, 4.69) is 68.2 Å². The Labute approximate surface area is 139 Å². The second-order valence-corrected chi connectivity index (χ2v) is 6.89. The number of hydrazine groups is 1. The molecule has 0 saturated heterocycles. The summed E-state index contributed by atoms with van der Waals surface area (Å²) >= 11 is 0. The second-order valence-electron chi connectivity index (χ2n) is 6.89. The summed E-state index contributed by atoms with van der Waals surface area (Å²) in [4.78, 5) is 9.60. The number of hydrogen-bond acceptors (Lipinski definition) is 4. The third kappa shape index (κ3) is 3.88. The van der Waals surface area contributed by atoms with Gasteiger partial charge in [0.15, 0.2) is 0 Å². The predicted octanol–water partition coefficient (Wildman–Crippen LogP) is 4.30. The van der Waals surface area contributed by atoms with Gasteiger partial charge in [0.25, 0.3) is 0 Å². The van der Waals surface area contributed by atoms with Crippen LogP contribution in [0.5, 0.6) is 0 Å². The summed E-state index contributed by atoms with van der Waals surface area (Å²) in [5, 5.41) is 4.35. The summed E-state index contributed by atoms with van der Waals surface area (Å²) in [6.07, 6.45) is 2.51. The molecule has 1 heterocycles. The zero-order valence-corrected chi connectivity index (χ0v) is 14.5. The Balaban J connectivity index is 2.00. The fraction of sp³-hybridized carbons (Fsp3) is 0.474. The van der Waals surface area contributed by atoms with E-state index in [0.29, 0.717) is 11.8 Å². The van der Waals surface area contributed by atoms with Gasteiger partial charge in [-0.05, 0) is 43.9 Å². The molecule has 2 aromatic rings. The standard InChI is InChI=1S/C19H26N4/c1-14(2)13-22(4)23(17-8-6-5-7-9-17)19-20-15(3)12-18(21-19)16-10-11-16/h5-9,12,14,16H,10-11,13H2,1-4H3. The molecule has 0 aliphatic heterocycles. The highest BCUT2D eigenvalue weighted by atomic mass is 15.6. The molecule has 3 rings (SSSR count). The van der Waals surface area contributed by atoms with Crippen molar-refractivity contribution in [2.45, 2.75) is 39.5 Å². The Kier molecular flexibility index (Phi) is 4.62. The van der Waals surface area contributed by atoms with Crippen LogP contribution >= 0.6 is 0 Å². The minimum Gasteiger partial charge on any atom is -0.241 e. The minimum absolute atomic E-state index is 0.568. The minimum atomic E-state index is 0.568. The summed E-state index contributed by atoms with van der Waals surface area (Å²) in [6.45, 7) is 7.46. The van der Waals surface area contributed by atoms with Crippen LogP contribution in [0.1, 0.15) is 44.0 Å². The largest absolute Gasteiger partial charge is 0.245 e. The predicted molar refractivity (Wildman–Crippen MR) is 94.8 cm³/mol. The molecule has 4 heteroatoms. The van der Waals surface area contributed by atoms with Gasteiger partial charge in [0.1, 0.15) is 0 Å². The maximum atomic E-state index is 4.87. The van der Waals surface area contributed by atoms with Crippen molar-refractivity contribution in [1.82, 2.24) is 15.0 Å². The summed E-state index contributed by atoms with van der Waals surface area (Å²) in [7, 11) is 2.11. The first kappa shape index (κ1) is 15.9. The van der Waals surface area contributed by atoms with Crippen LogP contribution in [-0.2, 0) is 0 Å².